The van der Waals surface area contributed by atoms with Crippen LogP contribution in [0, 0.1) is 0 Å². The van der Waals surface area contributed by atoms with Gasteiger partial charge < -0.3 is 11.5 Å². The van der Waals surface area contributed by atoms with Crippen LogP contribution >= 0.6 is 0 Å². The van der Waals surface area contributed by atoms with Gasteiger partial charge in [0.1, 0.15) is 0 Å². The van der Waals surface area contributed by atoms with Gasteiger partial charge in [0, 0.05) is 11.9 Å². The van der Waals surface area contributed by atoms with Crippen molar-refractivity contribution in [3.63, 3.8) is 0 Å². The third-order valence-electron chi connectivity index (χ3n) is 2.60. The number of hydrogen-bond acceptors (Lipinski definition) is 4. The molecule has 3 rings (SSSR count). The molecule has 17 heavy (non-hydrogen) atoms. The SMILES string of the molecule is Nc1ccc(-c2ccn3nc(N)nc3c2)cc1. The molecule has 2 heterocycles. The van der Waals surface area contributed by atoms with Crippen LogP contribution in [-0.4, -0.2) is 14.6 Å². The highest BCUT2D eigenvalue weighted by molar-refractivity contribution is 5.68. The molecule has 0 spiro atoms. The largest absolute Gasteiger partial charge is 0.399 e. The monoisotopic (exact) mass is 225 g/mol. The van der Waals surface area contributed by atoms with Crippen LogP contribution in [-0.2, 0) is 0 Å². The molecule has 0 atom stereocenters. The van der Waals surface area contributed by atoms with Crippen LogP contribution in [0.5, 0.6) is 0 Å². The number of fused-ring (bicyclic) bond motifs is 1. The van der Waals surface area contributed by atoms with E-state index < -0.39 is 0 Å². The molecular weight excluding hydrogens is 214 g/mol. The Balaban J connectivity index is 2.13. The van der Waals surface area contributed by atoms with E-state index in [9.17, 15) is 0 Å². The molecular formula is C12H11N5. The van der Waals surface area contributed by atoms with Gasteiger partial charge in [0.15, 0.2) is 5.65 Å². The molecule has 0 bridgehead atoms. The Labute approximate surface area is 97.7 Å². The minimum Gasteiger partial charge on any atom is -0.399 e. The second-order valence-corrected chi connectivity index (χ2v) is 3.81. The van der Waals surface area contributed by atoms with Gasteiger partial charge in [-0.05, 0) is 35.4 Å². The maximum Gasteiger partial charge on any atom is 0.240 e. The third-order valence-corrected chi connectivity index (χ3v) is 2.60. The normalized spacial score (nSPS) is 10.8. The standard InChI is InChI=1S/C12H11N5/c13-10-3-1-8(2-4-10)9-5-6-17-11(7-9)15-12(14)16-17/h1-7H,13H2,(H2,14,16). The Hall–Kier alpha value is -2.56. The first kappa shape index (κ1) is 9.65. The highest BCUT2D eigenvalue weighted by Gasteiger charge is 2.02. The Morgan fingerprint density at radius 2 is 1.71 bits per heavy atom. The molecule has 84 valence electrons. The first-order valence-electron chi connectivity index (χ1n) is 5.20. The molecule has 5 nitrogen and oxygen atoms in total. The molecule has 0 aliphatic heterocycles. The molecule has 0 fully saturated rings. The van der Waals surface area contributed by atoms with Crippen molar-refractivity contribution in [2.24, 2.45) is 0 Å². The molecule has 5 heteroatoms. The van der Waals surface area contributed by atoms with Crippen LogP contribution in [0.1, 0.15) is 0 Å². The van der Waals surface area contributed by atoms with Crippen molar-refractivity contribution < 1.29 is 0 Å². The van der Waals surface area contributed by atoms with Gasteiger partial charge in [0.25, 0.3) is 0 Å². The first-order chi connectivity index (χ1) is 8.22. The highest BCUT2D eigenvalue weighted by atomic mass is 15.3. The fourth-order valence-corrected chi connectivity index (χ4v) is 1.75. The highest BCUT2D eigenvalue weighted by Crippen LogP contribution is 2.21. The van der Waals surface area contributed by atoms with E-state index in [4.69, 9.17) is 11.5 Å². The van der Waals surface area contributed by atoms with Gasteiger partial charge in [-0.25, -0.2) is 4.52 Å². The number of aromatic nitrogens is 3. The summed E-state index contributed by atoms with van der Waals surface area (Å²) in [5.41, 5.74) is 14.8. The molecule has 2 aromatic heterocycles. The summed E-state index contributed by atoms with van der Waals surface area (Å²) < 4.78 is 1.65. The molecule has 0 radical (unpaired) electrons. The van der Waals surface area contributed by atoms with E-state index in [-0.39, 0.29) is 5.95 Å². The van der Waals surface area contributed by atoms with E-state index in [1.807, 2.05) is 42.6 Å². The maximum absolute atomic E-state index is 5.66. The molecule has 0 amide bonds. The topological polar surface area (TPSA) is 82.2 Å². The average Bonchev–Trinajstić information content (AvgIpc) is 2.69. The quantitative estimate of drug-likeness (QED) is 0.616. The van der Waals surface area contributed by atoms with Gasteiger partial charge in [-0.1, -0.05) is 12.1 Å². The van der Waals surface area contributed by atoms with Crippen LogP contribution in [0.2, 0.25) is 0 Å². The van der Waals surface area contributed by atoms with Crippen LogP contribution in [0.3, 0.4) is 0 Å². The number of nitrogens with zero attached hydrogens (tertiary/aromatic N) is 3. The van der Waals surface area contributed by atoms with Gasteiger partial charge in [-0.15, -0.1) is 5.10 Å². The minimum absolute atomic E-state index is 0.277. The van der Waals surface area contributed by atoms with Crippen molar-refractivity contribution in [2.75, 3.05) is 11.5 Å². The minimum atomic E-state index is 0.277. The summed E-state index contributed by atoms with van der Waals surface area (Å²) in [5.74, 6) is 0.277. The lowest BCUT2D eigenvalue weighted by molar-refractivity contribution is 0.968. The van der Waals surface area contributed by atoms with E-state index >= 15 is 0 Å². The van der Waals surface area contributed by atoms with Crippen LogP contribution in [0.15, 0.2) is 42.6 Å². The predicted octanol–water partition coefficient (Wildman–Crippen LogP) is 1.56. The molecule has 4 N–H and O–H groups in total. The molecule has 0 saturated heterocycles. The number of rotatable bonds is 1. The summed E-state index contributed by atoms with van der Waals surface area (Å²) in [6.45, 7) is 0. The van der Waals surface area contributed by atoms with E-state index in [2.05, 4.69) is 10.1 Å². The summed E-state index contributed by atoms with van der Waals surface area (Å²) in [5, 5.41) is 4.03. The van der Waals surface area contributed by atoms with Gasteiger partial charge in [-0.3, -0.25) is 0 Å². The van der Waals surface area contributed by atoms with Crippen molar-refractivity contribution in [2.45, 2.75) is 0 Å². The zero-order valence-electron chi connectivity index (χ0n) is 9.04. The van der Waals surface area contributed by atoms with Gasteiger partial charge >= 0.3 is 0 Å². The van der Waals surface area contributed by atoms with Gasteiger partial charge in [0.05, 0.1) is 0 Å². The lowest BCUT2D eigenvalue weighted by Gasteiger charge is -2.02. The molecule has 0 saturated carbocycles. The van der Waals surface area contributed by atoms with Crippen molar-refractivity contribution >= 4 is 17.3 Å². The summed E-state index contributed by atoms with van der Waals surface area (Å²) in [7, 11) is 0. The van der Waals surface area contributed by atoms with Crippen molar-refractivity contribution in [3.05, 3.63) is 42.6 Å². The summed E-state index contributed by atoms with van der Waals surface area (Å²) >= 11 is 0. The molecule has 3 aromatic rings. The molecule has 1 aromatic carbocycles. The lowest BCUT2D eigenvalue weighted by atomic mass is 10.1. The van der Waals surface area contributed by atoms with Crippen molar-refractivity contribution in [1.82, 2.24) is 14.6 Å². The summed E-state index contributed by atoms with van der Waals surface area (Å²) in [6.07, 6.45) is 1.84. The molecule has 0 unspecified atom stereocenters. The third kappa shape index (κ3) is 1.67. The molecule has 0 aliphatic carbocycles. The summed E-state index contributed by atoms with van der Waals surface area (Å²) in [6, 6.07) is 11.6. The lowest BCUT2D eigenvalue weighted by Crippen LogP contribution is -1.89. The number of hydrogen-bond donors (Lipinski definition) is 2. The zero-order valence-corrected chi connectivity index (χ0v) is 9.04. The number of pyridine rings is 1. The van der Waals surface area contributed by atoms with Crippen LogP contribution < -0.4 is 11.5 Å². The molecule has 0 aliphatic rings. The van der Waals surface area contributed by atoms with E-state index in [0.717, 1.165) is 22.5 Å². The van der Waals surface area contributed by atoms with Crippen molar-refractivity contribution in [1.29, 1.82) is 0 Å². The zero-order chi connectivity index (χ0) is 11.8. The smallest absolute Gasteiger partial charge is 0.240 e. The average molecular weight is 225 g/mol. The van der Waals surface area contributed by atoms with Gasteiger partial charge in [-0.2, -0.15) is 4.98 Å². The van der Waals surface area contributed by atoms with E-state index in [0.29, 0.717) is 0 Å². The number of benzene rings is 1. The predicted molar refractivity (Wildman–Crippen MR) is 67.2 cm³/mol. The summed E-state index contributed by atoms with van der Waals surface area (Å²) in [4.78, 5) is 4.12. The van der Waals surface area contributed by atoms with Crippen LogP contribution in [0.4, 0.5) is 11.6 Å². The van der Waals surface area contributed by atoms with E-state index in [1.165, 1.54) is 0 Å². The first-order valence-corrected chi connectivity index (χ1v) is 5.20. The maximum atomic E-state index is 5.66. The van der Waals surface area contributed by atoms with Gasteiger partial charge in [0.2, 0.25) is 5.95 Å². The Bertz CT molecular complexity index is 669. The fraction of sp³-hybridized carbons (Fsp3) is 0. The van der Waals surface area contributed by atoms with Crippen molar-refractivity contribution in [3.8, 4) is 11.1 Å². The Kier molecular flexibility index (Phi) is 1.98. The Morgan fingerprint density at radius 3 is 2.47 bits per heavy atom. The number of nitrogen functional groups attached to an aromatic ring is 2. The second kappa shape index (κ2) is 3.48. The number of nitrogens with two attached hydrogens (primary N) is 2. The second-order valence-electron chi connectivity index (χ2n) is 3.81. The fourth-order valence-electron chi connectivity index (χ4n) is 1.75. The number of anilines is 2. The van der Waals surface area contributed by atoms with Crippen LogP contribution in [0.25, 0.3) is 16.8 Å². The van der Waals surface area contributed by atoms with E-state index in [1.54, 1.807) is 4.52 Å². The Morgan fingerprint density at radius 1 is 0.941 bits per heavy atom.